The van der Waals surface area contributed by atoms with Crippen LogP contribution in [0.5, 0.6) is 5.75 Å². The highest BCUT2D eigenvalue weighted by molar-refractivity contribution is 7.90. The number of sulfonamides is 1. The van der Waals surface area contributed by atoms with Gasteiger partial charge in [-0.05, 0) is 68.7 Å². The van der Waals surface area contributed by atoms with Gasteiger partial charge in [0.2, 0.25) is 10.0 Å². The normalized spacial score (nSPS) is 14.7. The zero-order chi connectivity index (χ0) is 36.2. The molecule has 16 heteroatoms. The van der Waals surface area contributed by atoms with E-state index in [9.17, 15) is 31.5 Å². The highest BCUT2D eigenvalue weighted by atomic mass is 32.2. The molecule has 0 saturated carbocycles. The minimum absolute atomic E-state index is 0.200. The van der Waals surface area contributed by atoms with E-state index in [1.165, 1.54) is 4.31 Å². The quantitative estimate of drug-likeness (QED) is 0.138. The van der Waals surface area contributed by atoms with Crippen molar-refractivity contribution >= 4 is 37.8 Å². The number of methoxy groups -OCH3 is 1. The zero-order valence-electron chi connectivity index (χ0n) is 28.6. The lowest BCUT2D eigenvalue weighted by Crippen LogP contribution is -2.55. The van der Waals surface area contributed by atoms with E-state index < -0.39 is 43.4 Å². The Balaban J connectivity index is 1.63. The van der Waals surface area contributed by atoms with Crippen molar-refractivity contribution in [1.82, 2.24) is 19.1 Å². The van der Waals surface area contributed by atoms with Gasteiger partial charge in [0.15, 0.2) is 0 Å². The van der Waals surface area contributed by atoms with Crippen molar-refractivity contribution in [3.63, 3.8) is 0 Å². The number of ether oxygens (including phenoxy) is 2. The maximum Gasteiger partial charge on any atom is 0.322 e. The lowest BCUT2D eigenvalue weighted by atomic mass is 10.1. The van der Waals surface area contributed by atoms with Gasteiger partial charge in [-0.25, -0.2) is 13.1 Å². The topological polar surface area (TPSA) is 184 Å². The molecule has 1 aliphatic heterocycles. The summed E-state index contributed by atoms with van der Waals surface area (Å²) < 4.78 is 66.4. The van der Waals surface area contributed by atoms with Crippen LogP contribution in [0.3, 0.4) is 0 Å². The van der Waals surface area contributed by atoms with Crippen LogP contribution in [0.2, 0.25) is 0 Å². The SMILES string of the molecule is COCCOc1ccc(C#Cc2ccc(N3CCN(S(=O)(=O)NC(C(=O)O)C(C)C)CC3)cc2)cc1C(=O)NCCCNS(=O)(=O)C(C)C. The molecule has 1 heterocycles. The molecule has 2 aromatic carbocycles. The molecule has 4 N–H and O–H groups in total. The first kappa shape index (κ1) is 39.7. The maximum absolute atomic E-state index is 13.1. The van der Waals surface area contributed by atoms with Crippen LogP contribution in [0.4, 0.5) is 5.69 Å². The monoisotopic (exact) mass is 721 g/mol. The Bertz CT molecular complexity index is 1700. The van der Waals surface area contributed by atoms with Gasteiger partial charge in [0.1, 0.15) is 18.4 Å². The van der Waals surface area contributed by atoms with Gasteiger partial charge in [-0.1, -0.05) is 25.7 Å². The second kappa shape index (κ2) is 18.3. The molecule has 1 saturated heterocycles. The van der Waals surface area contributed by atoms with Crippen molar-refractivity contribution in [2.75, 3.05) is 64.5 Å². The van der Waals surface area contributed by atoms with Gasteiger partial charge in [0, 0.05) is 63.2 Å². The van der Waals surface area contributed by atoms with E-state index >= 15 is 0 Å². The number of rotatable bonds is 17. The zero-order valence-corrected chi connectivity index (χ0v) is 30.2. The van der Waals surface area contributed by atoms with Crippen molar-refractivity contribution in [2.45, 2.75) is 45.4 Å². The van der Waals surface area contributed by atoms with Gasteiger partial charge >= 0.3 is 5.97 Å². The third-order valence-electron chi connectivity index (χ3n) is 7.70. The molecule has 0 aliphatic carbocycles. The molecule has 1 unspecified atom stereocenters. The first-order valence-electron chi connectivity index (χ1n) is 16.0. The van der Waals surface area contributed by atoms with Crippen LogP contribution in [-0.2, 0) is 29.8 Å². The summed E-state index contributed by atoms with van der Waals surface area (Å²) in [5.74, 6) is 4.57. The molecule has 2 aromatic rings. The summed E-state index contributed by atoms with van der Waals surface area (Å²) in [5.41, 5.74) is 2.51. The molecule has 0 aromatic heterocycles. The molecule has 14 nitrogen and oxygen atoms in total. The number of piperazine rings is 1. The number of carbonyl (C=O) groups is 2. The summed E-state index contributed by atoms with van der Waals surface area (Å²) in [4.78, 5) is 26.6. The molecule has 270 valence electrons. The molecule has 3 rings (SSSR count). The van der Waals surface area contributed by atoms with Crippen LogP contribution in [0, 0.1) is 17.8 Å². The van der Waals surface area contributed by atoms with Crippen LogP contribution in [0.15, 0.2) is 42.5 Å². The van der Waals surface area contributed by atoms with E-state index in [1.54, 1.807) is 53.0 Å². The van der Waals surface area contributed by atoms with Crippen molar-refractivity contribution < 1.29 is 41.0 Å². The van der Waals surface area contributed by atoms with E-state index in [0.29, 0.717) is 43.0 Å². The number of aliphatic carboxylic acids is 1. The first-order valence-corrected chi connectivity index (χ1v) is 19.0. The van der Waals surface area contributed by atoms with Crippen LogP contribution < -0.4 is 24.4 Å². The molecular formula is C33H47N5O9S2. The molecule has 1 fully saturated rings. The van der Waals surface area contributed by atoms with Crippen LogP contribution in [-0.4, -0.2) is 109 Å². The molecule has 1 atom stereocenters. The summed E-state index contributed by atoms with van der Waals surface area (Å²) in [7, 11) is -5.78. The number of carboxylic acids is 1. The smallest absolute Gasteiger partial charge is 0.322 e. The average molecular weight is 722 g/mol. The van der Waals surface area contributed by atoms with Gasteiger partial charge in [0.25, 0.3) is 16.1 Å². The highest BCUT2D eigenvalue weighted by Crippen LogP contribution is 2.21. The van der Waals surface area contributed by atoms with Crippen LogP contribution in [0.1, 0.15) is 55.6 Å². The van der Waals surface area contributed by atoms with Crippen LogP contribution in [0.25, 0.3) is 0 Å². The highest BCUT2D eigenvalue weighted by Gasteiger charge is 2.33. The third kappa shape index (κ3) is 12.0. The van der Waals surface area contributed by atoms with Crippen molar-refractivity contribution in [2.24, 2.45) is 5.92 Å². The number of amides is 1. The summed E-state index contributed by atoms with van der Waals surface area (Å²) in [6, 6.07) is 11.4. The predicted octanol–water partition coefficient (Wildman–Crippen LogP) is 1.62. The Morgan fingerprint density at radius 2 is 1.53 bits per heavy atom. The van der Waals surface area contributed by atoms with Crippen LogP contribution >= 0.6 is 0 Å². The summed E-state index contributed by atoms with van der Waals surface area (Å²) in [6.45, 7) is 8.81. The Hall–Kier alpha value is -3.72. The number of benzene rings is 2. The Labute approximate surface area is 289 Å². The number of carboxylic acid groups (broad SMARTS) is 1. The molecule has 0 bridgehead atoms. The van der Waals surface area contributed by atoms with Gasteiger partial charge < -0.3 is 24.8 Å². The standard InChI is InChI=1S/C33H47N5O9S2/c1-24(2)31(33(40)41)36-49(44,45)38-19-17-37(18-20-38)28-12-9-26(10-13-28)7-8-27-11-14-30(47-22-21-46-5)29(23-27)32(39)34-15-6-16-35-48(42,43)25(3)4/h9-14,23-25,31,35-36H,6,15-22H2,1-5H3,(H,34,39)(H,40,41). The number of carbonyl (C=O) groups excluding carboxylic acids is 1. The fraction of sp³-hybridized carbons (Fsp3) is 0.515. The van der Waals surface area contributed by atoms with E-state index in [0.717, 1.165) is 11.3 Å². The predicted molar refractivity (Wildman–Crippen MR) is 187 cm³/mol. The number of nitrogens with zero attached hydrogens (tertiary/aromatic N) is 2. The maximum atomic E-state index is 13.1. The molecule has 0 radical (unpaired) electrons. The van der Waals surface area contributed by atoms with Gasteiger partial charge in [-0.3, -0.25) is 9.59 Å². The molecule has 1 aliphatic rings. The van der Waals surface area contributed by atoms with Crippen molar-refractivity contribution in [3.05, 3.63) is 59.2 Å². The molecular weight excluding hydrogens is 675 g/mol. The van der Waals surface area contributed by atoms with E-state index in [-0.39, 0.29) is 38.7 Å². The number of anilines is 1. The lowest BCUT2D eigenvalue weighted by Gasteiger charge is -2.36. The number of hydrogen-bond donors (Lipinski definition) is 4. The summed E-state index contributed by atoms with van der Waals surface area (Å²) in [6.07, 6.45) is 0.407. The first-order chi connectivity index (χ1) is 23.1. The summed E-state index contributed by atoms with van der Waals surface area (Å²) >= 11 is 0. The van der Waals surface area contributed by atoms with E-state index in [2.05, 4.69) is 26.6 Å². The third-order valence-corrected chi connectivity index (χ3v) is 11.1. The average Bonchev–Trinajstić information content (AvgIpc) is 3.06. The Kier molecular flexibility index (Phi) is 14.9. The number of nitrogens with one attached hydrogen (secondary N) is 3. The molecule has 0 spiro atoms. The second-order valence-electron chi connectivity index (χ2n) is 12.0. The van der Waals surface area contributed by atoms with Gasteiger partial charge in [-0.2, -0.15) is 17.4 Å². The largest absolute Gasteiger partial charge is 0.490 e. The molecule has 49 heavy (non-hydrogen) atoms. The van der Waals surface area contributed by atoms with Crippen molar-refractivity contribution in [1.29, 1.82) is 0 Å². The second-order valence-corrected chi connectivity index (χ2v) is 16.0. The number of hydrogen-bond acceptors (Lipinski definition) is 9. The van der Waals surface area contributed by atoms with E-state index in [1.807, 2.05) is 29.2 Å². The van der Waals surface area contributed by atoms with E-state index in [4.69, 9.17) is 9.47 Å². The Morgan fingerprint density at radius 1 is 0.898 bits per heavy atom. The Morgan fingerprint density at radius 3 is 2.12 bits per heavy atom. The molecule has 1 amide bonds. The van der Waals surface area contributed by atoms with Gasteiger partial charge in [-0.15, -0.1) is 0 Å². The van der Waals surface area contributed by atoms with Gasteiger partial charge in [0.05, 0.1) is 17.4 Å². The lowest BCUT2D eigenvalue weighted by molar-refractivity contribution is -0.140. The minimum atomic E-state index is -3.95. The fourth-order valence-electron chi connectivity index (χ4n) is 4.71. The summed E-state index contributed by atoms with van der Waals surface area (Å²) in [5, 5.41) is 11.6. The fourth-order valence-corrected chi connectivity index (χ4v) is 6.95. The minimum Gasteiger partial charge on any atom is -0.490 e. The van der Waals surface area contributed by atoms with Crippen molar-refractivity contribution in [3.8, 4) is 17.6 Å².